The van der Waals surface area contributed by atoms with E-state index in [9.17, 15) is 5.11 Å². The molecule has 5 heteroatoms. The Kier molecular flexibility index (Phi) is 3.80. The van der Waals surface area contributed by atoms with Gasteiger partial charge >= 0.3 is 0 Å². The Bertz CT molecular complexity index is 430. The molecular weight excluding hydrogens is 312 g/mol. The molecule has 1 saturated heterocycles. The lowest BCUT2D eigenvalue weighted by Crippen LogP contribution is -2.45. The van der Waals surface area contributed by atoms with E-state index in [1.54, 1.807) is 0 Å². The van der Waals surface area contributed by atoms with Gasteiger partial charge in [-0.2, -0.15) is 0 Å². The van der Waals surface area contributed by atoms with Crippen molar-refractivity contribution in [1.29, 1.82) is 0 Å². The minimum atomic E-state index is -0.906. The summed E-state index contributed by atoms with van der Waals surface area (Å²) in [4.78, 5) is 0. The minimum Gasteiger partial charge on any atom is -0.491 e. The molecule has 1 aromatic carbocycles. The third kappa shape index (κ3) is 3.28. The average Bonchev–Trinajstić information content (AvgIpc) is 3.18. The lowest BCUT2D eigenvalue weighted by molar-refractivity contribution is -0.197. The molecule has 1 radical (unpaired) electrons. The molecule has 0 amide bonds. The van der Waals surface area contributed by atoms with E-state index in [-0.39, 0.29) is 12.2 Å². The molecule has 1 saturated carbocycles. The predicted octanol–water partition coefficient (Wildman–Crippen LogP) is 2.58. The number of halogens is 1. The normalized spacial score (nSPS) is 28.9. The Morgan fingerprint density at radius 3 is 2.68 bits per heavy atom. The molecule has 4 nitrogen and oxygen atoms in total. The van der Waals surface area contributed by atoms with E-state index >= 15 is 0 Å². The van der Waals surface area contributed by atoms with Gasteiger partial charge in [0, 0.05) is 4.47 Å². The molecule has 0 aromatic heterocycles. The van der Waals surface area contributed by atoms with Crippen molar-refractivity contribution < 1.29 is 19.3 Å². The number of benzene rings is 1. The third-order valence-electron chi connectivity index (χ3n) is 3.51. The molecule has 1 heterocycles. The van der Waals surface area contributed by atoms with E-state index in [4.69, 9.17) is 14.2 Å². The molecule has 1 aromatic rings. The Hall–Kier alpha value is -0.620. The SMILES string of the molecule is [O]C1(C2COCC(COc3ccc(Br)cc3)O2)CC1. The molecule has 3 rings (SSSR count). The number of hydrogen-bond donors (Lipinski definition) is 0. The van der Waals surface area contributed by atoms with Gasteiger partial charge in [0.05, 0.1) is 13.2 Å². The standard InChI is InChI=1S/C14H16BrO4/c15-10-1-3-11(4-2-10)18-8-12-7-17-9-13(19-12)14(16)5-6-14/h1-4,12-13H,5-9H2. The second kappa shape index (κ2) is 5.40. The fourth-order valence-corrected chi connectivity index (χ4v) is 2.41. The van der Waals surface area contributed by atoms with Crippen molar-refractivity contribution in [2.75, 3.05) is 19.8 Å². The average molecular weight is 328 g/mol. The van der Waals surface area contributed by atoms with Crippen LogP contribution >= 0.6 is 15.9 Å². The maximum Gasteiger partial charge on any atom is 0.132 e. The minimum absolute atomic E-state index is 0.158. The van der Waals surface area contributed by atoms with Gasteiger partial charge in [-0.3, -0.25) is 0 Å². The van der Waals surface area contributed by atoms with Gasteiger partial charge in [0.1, 0.15) is 30.2 Å². The van der Waals surface area contributed by atoms with Crippen LogP contribution in [0.5, 0.6) is 5.75 Å². The molecule has 2 fully saturated rings. The molecule has 2 aliphatic rings. The zero-order valence-electron chi connectivity index (χ0n) is 10.5. The topological polar surface area (TPSA) is 47.6 Å². The van der Waals surface area contributed by atoms with E-state index < -0.39 is 5.60 Å². The molecular formula is C14H16BrO4. The molecule has 1 aliphatic carbocycles. The van der Waals surface area contributed by atoms with Crippen LogP contribution in [0.3, 0.4) is 0 Å². The Morgan fingerprint density at radius 2 is 2.00 bits per heavy atom. The molecule has 0 bridgehead atoms. The maximum atomic E-state index is 12.0. The summed E-state index contributed by atoms with van der Waals surface area (Å²) < 4.78 is 17.9. The van der Waals surface area contributed by atoms with E-state index in [0.717, 1.165) is 10.2 Å². The predicted molar refractivity (Wildman–Crippen MR) is 71.8 cm³/mol. The van der Waals surface area contributed by atoms with Crippen LogP contribution in [-0.4, -0.2) is 37.6 Å². The van der Waals surface area contributed by atoms with Crippen LogP contribution in [0, 0.1) is 0 Å². The van der Waals surface area contributed by atoms with Crippen molar-refractivity contribution in [2.45, 2.75) is 30.7 Å². The maximum absolute atomic E-state index is 12.0. The molecule has 2 atom stereocenters. The summed E-state index contributed by atoms with van der Waals surface area (Å²) in [6.45, 7) is 1.32. The monoisotopic (exact) mass is 327 g/mol. The fourth-order valence-electron chi connectivity index (χ4n) is 2.15. The third-order valence-corrected chi connectivity index (χ3v) is 4.04. The highest BCUT2D eigenvalue weighted by Gasteiger charge is 2.52. The zero-order chi connectivity index (χ0) is 13.3. The van der Waals surface area contributed by atoms with E-state index in [0.29, 0.717) is 32.7 Å². The number of ether oxygens (including phenoxy) is 3. The molecule has 19 heavy (non-hydrogen) atoms. The van der Waals surface area contributed by atoms with Crippen LogP contribution in [0.1, 0.15) is 12.8 Å². The molecule has 2 unspecified atom stereocenters. The van der Waals surface area contributed by atoms with Gasteiger partial charge in [0.25, 0.3) is 0 Å². The van der Waals surface area contributed by atoms with Crippen molar-refractivity contribution >= 4 is 15.9 Å². The first kappa shape index (κ1) is 13.4. The van der Waals surface area contributed by atoms with Crippen molar-refractivity contribution in [1.82, 2.24) is 0 Å². The van der Waals surface area contributed by atoms with Gasteiger partial charge in [-0.15, -0.1) is 0 Å². The Labute approximate surface area is 120 Å². The smallest absolute Gasteiger partial charge is 0.132 e. The first-order valence-electron chi connectivity index (χ1n) is 6.48. The fraction of sp³-hybridized carbons (Fsp3) is 0.571. The van der Waals surface area contributed by atoms with Crippen LogP contribution in [-0.2, 0) is 14.6 Å². The van der Waals surface area contributed by atoms with Gasteiger partial charge in [-0.25, -0.2) is 5.11 Å². The van der Waals surface area contributed by atoms with Gasteiger partial charge in [-0.05, 0) is 37.1 Å². The van der Waals surface area contributed by atoms with Crippen molar-refractivity contribution in [3.63, 3.8) is 0 Å². The van der Waals surface area contributed by atoms with Crippen LogP contribution in [0.2, 0.25) is 0 Å². The molecule has 0 N–H and O–H groups in total. The summed E-state index contributed by atoms with van der Waals surface area (Å²) in [5, 5.41) is 12.0. The lowest BCUT2D eigenvalue weighted by Gasteiger charge is -2.32. The highest BCUT2D eigenvalue weighted by molar-refractivity contribution is 9.10. The molecule has 103 valence electrons. The summed E-state index contributed by atoms with van der Waals surface area (Å²) in [5.41, 5.74) is -0.906. The van der Waals surface area contributed by atoms with Crippen LogP contribution in [0.4, 0.5) is 0 Å². The molecule has 0 spiro atoms. The first-order valence-corrected chi connectivity index (χ1v) is 7.27. The van der Waals surface area contributed by atoms with Gasteiger partial charge in [-0.1, -0.05) is 15.9 Å². The first-order chi connectivity index (χ1) is 9.16. The van der Waals surface area contributed by atoms with E-state index in [1.807, 2.05) is 24.3 Å². The van der Waals surface area contributed by atoms with Gasteiger partial charge in [0.15, 0.2) is 0 Å². The molecule has 1 aliphatic heterocycles. The summed E-state index contributed by atoms with van der Waals surface area (Å²) in [6.07, 6.45) is 0.913. The Morgan fingerprint density at radius 1 is 1.26 bits per heavy atom. The van der Waals surface area contributed by atoms with Gasteiger partial charge < -0.3 is 14.2 Å². The lowest BCUT2D eigenvalue weighted by atomic mass is 10.1. The van der Waals surface area contributed by atoms with Crippen LogP contribution in [0.25, 0.3) is 0 Å². The second-order valence-electron chi connectivity index (χ2n) is 5.11. The van der Waals surface area contributed by atoms with Crippen molar-refractivity contribution in [2.24, 2.45) is 0 Å². The highest BCUT2D eigenvalue weighted by Crippen LogP contribution is 2.42. The summed E-state index contributed by atoms with van der Waals surface area (Å²) in [7, 11) is 0. The summed E-state index contributed by atoms with van der Waals surface area (Å²) >= 11 is 3.37. The van der Waals surface area contributed by atoms with E-state index in [2.05, 4.69) is 15.9 Å². The zero-order valence-corrected chi connectivity index (χ0v) is 12.1. The number of hydrogen-bond acceptors (Lipinski definition) is 3. The van der Waals surface area contributed by atoms with Crippen LogP contribution in [0.15, 0.2) is 28.7 Å². The second-order valence-corrected chi connectivity index (χ2v) is 6.03. The van der Waals surface area contributed by atoms with Crippen molar-refractivity contribution in [3.05, 3.63) is 28.7 Å². The summed E-state index contributed by atoms with van der Waals surface area (Å²) in [6, 6.07) is 7.63. The van der Waals surface area contributed by atoms with Crippen LogP contribution < -0.4 is 4.74 Å². The highest BCUT2D eigenvalue weighted by atomic mass is 79.9. The van der Waals surface area contributed by atoms with Gasteiger partial charge in [0.2, 0.25) is 0 Å². The van der Waals surface area contributed by atoms with E-state index in [1.165, 1.54) is 0 Å². The summed E-state index contributed by atoms with van der Waals surface area (Å²) in [5.74, 6) is 0.789. The number of rotatable bonds is 4. The quantitative estimate of drug-likeness (QED) is 0.853. The largest absolute Gasteiger partial charge is 0.491 e. The Balaban J connectivity index is 1.51. The van der Waals surface area contributed by atoms with Crippen molar-refractivity contribution in [3.8, 4) is 5.75 Å².